The Kier molecular flexibility index (Phi) is 7.20. The highest BCUT2D eigenvalue weighted by Gasteiger charge is 2.22. The highest BCUT2D eigenvalue weighted by Crippen LogP contribution is 2.30. The first kappa shape index (κ1) is 22.7. The number of carbonyl (C=O) groups excluding carboxylic acids is 1. The van der Waals surface area contributed by atoms with E-state index in [1.165, 1.54) is 0 Å². The van der Waals surface area contributed by atoms with Gasteiger partial charge >= 0.3 is 5.97 Å². The topological polar surface area (TPSA) is 112 Å². The second-order valence-electron chi connectivity index (χ2n) is 7.25. The van der Waals surface area contributed by atoms with E-state index in [4.69, 9.17) is 27.7 Å². The maximum absolute atomic E-state index is 12.4. The van der Waals surface area contributed by atoms with Crippen molar-refractivity contribution in [1.29, 1.82) is 0 Å². The van der Waals surface area contributed by atoms with Crippen molar-refractivity contribution in [2.45, 2.75) is 25.8 Å². The van der Waals surface area contributed by atoms with Gasteiger partial charge in [-0.25, -0.2) is 0 Å². The smallest absolute Gasteiger partial charge is 0.306 e. The van der Waals surface area contributed by atoms with Gasteiger partial charge in [0.2, 0.25) is 5.76 Å². The average Bonchev–Trinajstić information content (AvgIpc) is 3.17. The van der Waals surface area contributed by atoms with Gasteiger partial charge in [0.05, 0.1) is 12.0 Å². The van der Waals surface area contributed by atoms with Crippen LogP contribution in [0.4, 0.5) is 0 Å². The maximum Gasteiger partial charge on any atom is 0.306 e. The standard InChI is InChI=1S/C22H20Cl2N2O5/c1-12(22(29)30)8-16(25-21(28)19-11-20(27)26-31-19)9-13-2-4-14(5-3-13)17-10-15(23)6-7-18(17)24/h2-7,10-12,16H,8-9H2,1H3,(H,25,28)(H,26,27)(H,29,30). The predicted molar refractivity (Wildman–Crippen MR) is 118 cm³/mol. The molecule has 0 aliphatic rings. The monoisotopic (exact) mass is 462 g/mol. The number of hydrogen-bond acceptors (Lipinski definition) is 4. The van der Waals surface area contributed by atoms with Crippen molar-refractivity contribution in [3.8, 4) is 11.1 Å². The SMILES string of the molecule is CC(CC(Cc1ccc(-c2cc(Cl)ccc2Cl)cc1)NC(=O)c1cc(=O)[nH]o1)C(=O)O. The molecule has 162 valence electrons. The van der Waals surface area contributed by atoms with Crippen LogP contribution in [0, 0.1) is 5.92 Å². The molecular formula is C22H20Cl2N2O5. The van der Waals surface area contributed by atoms with Crippen LogP contribution in [0.25, 0.3) is 11.1 Å². The third kappa shape index (κ3) is 5.99. The molecule has 1 aromatic heterocycles. The number of aromatic amines is 1. The highest BCUT2D eigenvalue weighted by atomic mass is 35.5. The second-order valence-corrected chi connectivity index (χ2v) is 8.09. The summed E-state index contributed by atoms with van der Waals surface area (Å²) in [5.41, 5.74) is 2.04. The summed E-state index contributed by atoms with van der Waals surface area (Å²) in [5.74, 6) is -2.39. The van der Waals surface area contributed by atoms with Crippen molar-refractivity contribution in [3.63, 3.8) is 0 Å². The van der Waals surface area contributed by atoms with E-state index in [1.807, 2.05) is 24.3 Å². The summed E-state index contributed by atoms with van der Waals surface area (Å²) >= 11 is 12.3. The first-order chi connectivity index (χ1) is 14.7. The first-order valence-electron chi connectivity index (χ1n) is 9.49. The number of aliphatic carboxylic acids is 1. The number of carboxylic acids is 1. The highest BCUT2D eigenvalue weighted by molar-refractivity contribution is 6.35. The Hall–Kier alpha value is -3.03. The van der Waals surface area contributed by atoms with Crippen molar-refractivity contribution in [2.24, 2.45) is 5.92 Å². The Morgan fingerprint density at radius 2 is 1.84 bits per heavy atom. The minimum absolute atomic E-state index is 0.163. The van der Waals surface area contributed by atoms with Crippen molar-refractivity contribution in [1.82, 2.24) is 10.5 Å². The molecule has 3 rings (SSSR count). The summed E-state index contributed by atoms with van der Waals surface area (Å²) in [6, 6.07) is 13.3. The number of nitrogens with one attached hydrogen (secondary N) is 2. The van der Waals surface area contributed by atoms with Gasteiger partial charge in [-0.1, -0.05) is 54.4 Å². The number of halogens is 2. The molecule has 0 aliphatic carbocycles. The summed E-state index contributed by atoms with van der Waals surface area (Å²) in [7, 11) is 0. The van der Waals surface area contributed by atoms with E-state index in [0.29, 0.717) is 16.5 Å². The fourth-order valence-electron chi connectivity index (χ4n) is 3.20. The summed E-state index contributed by atoms with van der Waals surface area (Å²) in [5, 5.41) is 15.2. The van der Waals surface area contributed by atoms with Gasteiger partial charge in [-0.15, -0.1) is 0 Å². The van der Waals surface area contributed by atoms with Gasteiger partial charge in [0.1, 0.15) is 0 Å². The molecular weight excluding hydrogens is 443 g/mol. The molecule has 2 atom stereocenters. The molecule has 1 heterocycles. The maximum atomic E-state index is 12.4. The molecule has 0 fully saturated rings. The largest absolute Gasteiger partial charge is 0.481 e. The number of hydrogen-bond donors (Lipinski definition) is 3. The molecule has 0 bridgehead atoms. The lowest BCUT2D eigenvalue weighted by atomic mass is 9.95. The van der Waals surface area contributed by atoms with E-state index >= 15 is 0 Å². The lowest BCUT2D eigenvalue weighted by molar-refractivity contribution is -0.141. The summed E-state index contributed by atoms with van der Waals surface area (Å²) in [4.78, 5) is 34.9. The van der Waals surface area contributed by atoms with Gasteiger partial charge in [-0.3, -0.25) is 14.4 Å². The first-order valence-corrected chi connectivity index (χ1v) is 10.2. The third-order valence-corrected chi connectivity index (χ3v) is 5.38. The molecule has 2 aromatic carbocycles. The molecule has 7 nitrogen and oxygen atoms in total. The number of amides is 1. The van der Waals surface area contributed by atoms with Crippen LogP contribution in [0.5, 0.6) is 0 Å². The number of rotatable bonds is 8. The summed E-state index contributed by atoms with van der Waals surface area (Å²) in [6.07, 6.45) is 0.596. The average molecular weight is 463 g/mol. The van der Waals surface area contributed by atoms with Crippen LogP contribution in [0.2, 0.25) is 10.0 Å². The molecule has 0 saturated heterocycles. The molecule has 2 unspecified atom stereocenters. The van der Waals surface area contributed by atoms with E-state index in [9.17, 15) is 19.5 Å². The Bertz CT molecular complexity index is 1140. The molecule has 3 N–H and O–H groups in total. The normalized spacial score (nSPS) is 12.9. The number of carboxylic acid groups (broad SMARTS) is 1. The predicted octanol–water partition coefficient (Wildman–Crippen LogP) is 4.39. The van der Waals surface area contributed by atoms with E-state index < -0.39 is 29.4 Å². The molecule has 31 heavy (non-hydrogen) atoms. The van der Waals surface area contributed by atoms with Crippen molar-refractivity contribution < 1.29 is 19.2 Å². The van der Waals surface area contributed by atoms with Crippen LogP contribution in [0.1, 0.15) is 29.5 Å². The van der Waals surface area contributed by atoms with Gasteiger partial charge in [0, 0.05) is 21.7 Å². The van der Waals surface area contributed by atoms with E-state index in [0.717, 1.165) is 22.8 Å². The zero-order chi connectivity index (χ0) is 22.5. The van der Waals surface area contributed by atoms with Crippen LogP contribution < -0.4 is 10.9 Å². The minimum atomic E-state index is -0.960. The van der Waals surface area contributed by atoms with Gasteiger partial charge in [0.25, 0.3) is 11.5 Å². The Morgan fingerprint density at radius 3 is 2.45 bits per heavy atom. The number of carbonyl (C=O) groups is 2. The Balaban J connectivity index is 1.78. The van der Waals surface area contributed by atoms with Gasteiger partial charge in [-0.2, -0.15) is 5.16 Å². The molecule has 3 aromatic rings. The van der Waals surface area contributed by atoms with E-state index in [-0.39, 0.29) is 12.2 Å². The molecule has 0 aliphatic heterocycles. The molecule has 0 radical (unpaired) electrons. The molecule has 0 saturated carbocycles. The summed E-state index contributed by atoms with van der Waals surface area (Å²) < 4.78 is 4.83. The number of aromatic nitrogens is 1. The van der Waals surface area contributed by atoms with Crippen LogP contribution in [0.15, 0.2) is 57.8 Å². The van der Waals surface area contributed by atoms with Crippen LogP contribution in [-0.4, -0.2) is 28.2 Å². The Labute approximate surface area is 188 Å². The quantitative estimate of drug-likeness (QED) is 0.459. The van der Waals surface area contributed by atoms with Crippen molar-refractivity contribution >= 4 is 35.1 Å². The number of benzene rings is 2. The molecule has 1 amide bonds. The van der Waals surface area contributed by atoms with E-state index in [1.54, 1.807) is 25.1 Å². The zero-order valence-electron chi connectivity index (χ0n) is 16.5. The van der Waals surface area contributed by atoms with Gasteiger partial charge in [-0.05, 0) is 42.2 Å². The fourth-order valence-corrected chi connectivity index (χ4v) is 3.59. The Morgan fingerprint density at radius 1 is 1.13 bits per heavy atom. The van der Waals surface area contributed by atoms with Gasteiger partial charge < -0.3 is 14.9 Å². The van der Waals surface area contributed by atoms with E-state index in [2.05, 4.69) is 10.5 Å². The molecule has 0 spiro atoms. The summed E-state index contributed by atoms with van der Waals surface area (Å²) in [6.45, 7) is 1.57. The zero-order valence-corrected chi connectivity index (χ0v) is 18.0. The molecule has 9 heteroatoms. The van der Waals surface area contributed by atoms with Crippen LogP contribution in [-0.2, 0) is 11.2 Å². The lowest BCUT2D eigenvalue weighted by Crippen LogP contribution is -2.38. The number of H-pyrrole nitrogens is 1. The van der Waals surface area contributed by atoms with Gasteiger partial charge in [0.15, 0.2) is 0 Å². The van der Waals surface area contributed by atoms with Crippen LogP contribution >= 0.6 is 23.2 Å². The third-order valence-electron chi connectivity index (χ3n) is 4.82. The second kappa shape index (κ2) is 9.85. The minimum Gasteiger partial charge on any atom is -0.481 e. The lowest BCUT2D eigenvalue weighted by Gasteiger charge is -2.20. The van der Waals surface area contributed by atoms with Crippen molar-refractivity contribution in [3.05, 3.63) is 80.3 Å². The fraction of sp³-hybridized carbons (Fsp3) is 0.227. The van der Waals surface area contributed by atoms with Crippen molar-refractivity contribution in [2.75, 3.05) is 0 Å². The van der Waals surface area contributed by atoms with Crippen LogP contribution in [0.3, 0.4) is 0 Å².